The smallest absolute Gasteiger partial charge is 0.234 e. The second-order valence-corrected chi connectivity index (χ2v) is 7.96. The lowest BCUT2D eigenvalue weighted by atomic mass is 10.1. The van der Waals surface area contributed by atoms with Gasteiger partial charge >= 0.3 is 0 Å². The number of methoxy groups -OCH3 is 1. The van der Waals surface area contributed by atoms with Crippen molar-refractivity contribution in [3.8, 4) is 22.8 Å². The van der Waals surface area contributed by atoms with Gasteiger partial charge in [0.2, 0.25) is 5.91 Å². The summed E-state index contributed by atoms with van der Waals surface area (Å²) >= 11 is 1.23. The summed E-state index contributed by atoms with van der Waals surface area (Å²) in [6, 6.07) is 21.6. The van der Waals surface area contributed by atoms with Crippen LogP contribution in [0.15, 0.2) is 78.0 Å². The molecule has 8 heteroatoms. The number of para-hydroxylation sites is 1. The van der Waals surface area contributed by atoms with Crippen molar-refractivity contribution >= 4 is 23.4 Å². The molecule has 1 N–H and O–H groups in total. The van der Waals surface area contributed by atoms with Crippen molar-refractivity contribution in [2.75, 3.05) is 18.2 Å². The van der Waals surface area contributed by atoms with Gasteiger partial charge < -0.3 is 10.1 Å². The van der Waals surface area contributed by atoms with Crippen LogP contribution in [0.2, 0.25) is 0 Å². The number of carbonyl (C=O) groups excluding carboxylic acids is 1. The maximum absolute atomic E-state index is 13.8. The Labute approximate surface area is 189 Å². The van der Waals surface area contributed by atoms with Crippen molar-refractivity contribution in [2.45, 2.75) is 12.1 Å². The molecule has 1 amide bonds. The molecule has 0 saturated heterocycles. The van der Waals surface area contributed by atoms with Gasteiger partial charge in [-0.2, -0.15) is 0 Å². The molecule has 32 heavy (non-hydrogen) atoms. The van der Waals surface area contributed by atoms with Gasteiger partial charge in [-0.15, -0.1) is 10.2 Å². The number of aryl methyl sites for hydroxylation is 1. The molecule has 1 heterocycles. The van der Waals surface area contributed by atoms with Gasteiger partial charge in [-0.05, 0) is 43.3 Å². The summed E-state index contributed by atoms with van der Waals surface area (Å²) in [4.78, 5) is 12.4. The average Bonchev–Trinajstić information content (AvgIpc) is 3.24. The molecule has 0 saturated carbocycles. The van der Waals surface area contributed by atoms with Crippen molar-refractivity contribution in [3.05, 3.63) is 84.2 Å². The Morgan fingerprint density at radius 1 is 1.03 bits per heavy atom. The first-order valence-corrected chi connectivity index (χ1v) is 10.9. The molecule has 0 fully saturated rings. The van der Waals surface area contributed by atoms with Crippen molar-refractivity contribution in [1.29, 1.82) is 0 Å². The minimum absolute atomic E-state index is 0.0521. The summed E-state index contributed by atoms with van der Waals surface area (Å²) in [6.45, 7) is 2.02. The third-order valence-corrected chi connectivity index (χ3v) is 5.68. The fourth-order valence-corrected chi connectivity index (χ4v) is 3.85. The van der Waals surface area contributed by atoms with Crippen LogP contribution in [0.4, 0.5) is 10.1 Å². The molecular weight excluding hydrogens is 427 g/mol. The Hall–Kier alpha value is -3.65. The highest BCUT2D eigenvalue weighted by atomic mass is 32.2. The van der Waals surface area contributed by atoms with Gasteiger partial charge in [0.25, 0.3) is 0 Å². The van der Waals surface area contributed by atoms with Gasteiger partial charge in [0.1, 0.15) is 11.6 Å². The number of halogens is 1. The number of anilines is 1. The van der Waals surface area contributed by atoms with E-state index >= 15 is 0 Å². The van der Waals surface area contributed by atoms with Gasteiger partial charge in [-0.1, -0.05) is 53.7 Å². The number of nitrogens with one attached hydrogen (secondary N) is 1. The summed E-state index contributed by atoms with van der Waals surface area (Å²) in [5.41, 5.74) is 3.03. The molecule has 0 aliphatic carbocycles. The Morgan fingerprint density at radius 2 is 1.75 bits per heavy atom. The van der Waals surface area contributed by atoms with Crippen molar-refractivity contribution in [1.82, 2.24) is 14.8 Å². The molecule has 1 aromatic heterocycles. The summed E-state index contributed by atoms with van der Waals surface area (Å²) in [7, 11) is 1.61. The number of ether oxygens (including phenoxy) is 1. The predicted molar refractivity (Wildman–Crippen MR) is 124 cm³/mol. The highest BCUT2D eigenvalue weighted by Crippen LogP contribution is 2.29. The van der Waals surface area contributed by atoms with E-state index in [9.17, 15) is 9.18 Å². The molecule has 4 aromatic rings. The molecule has 162 valence electrons. The number of benzene rings is 3. The number of nitrogens with zero attached hydrogens (tertiary/aromatic N) is 3. The monoisotopic (exact) mass is 448 g/mol. The lowest BCUT2D eigenvalue weighted by Gasteiger charge is -2.11. The molecule has 0 atom stereocenters. The van der Waals surface area contributed by atoms with Crippen LogP contribution in [-0.2, 0) is 4.79 Å². The molecule has 6 nitrogen and oxygen atoms in total. The van der Waals surface area contributed by atoms with Crippen LogP contribution in [0.25, 0.3) is 17.1 Å². The SMILES string of the molecule is COc1ccc(-n2c(SCC(=O)Nc3ccccc3F)nnc2-c2ccc(C)cc2)cc1. The third kappa shape index (κ3) is 4.81. The second kappa shape index (κ2) is 9.65. The highest BCUT2D eigenvalue weighted by molar-refractivity contribution is 7.99. The summed E-state index contributed by atoms with van der Waals surface area (Å²) < 4.78 is 21.0. The van der Waals surface area contributed by atoms with Gasteiger partial charge in [-0.25, -0.2) is 4.39 Å². The van der Waals surface area contributed by atoms with E-state index in [0.717, 1.165) is 22.6 Å². The van der Waals surface area contributed by atoms with E-state index in [-0.39, 0.29) is 17.3 Å². The van der Waals surface area contributed by atoms with Gasteiger partial charge in [-0.3, -0.25) is 9.36 Å². The van der Waals surface area contributed by atoms with E-state index in [0.29, 0.717) is 11.0 Å². The van der Waals surface area contributed by atoms with Crippen LogP contribution < -0.4 is 10.1 Å². The third-order valence-electron chi connectivity index (χ3n) is 4.75. The summed E-state index contributed by atoms with van der Waals surface area (Å²) in [5.74, 6) is 0.635. The Bertz CT molecular complexity index is 1220. The minimum Gasteiger partial charge on any atom is -0.497 e. The minimum atomic E-state index is -0.478. The molecule has 0 spiro atoms. The molecule has 0 radical (unpaired) electrons. The molecule has 0 aliphatic heterocycles. The summed E-state index contributed by atoms with van der Waals surface area (Å²) in [5, 5.41) is 11.8. The lowest BCUT2D eigenvalue weighted by molar-refractivity contribution is -0.113. The van der Waals surface area contributed by atoms with Crippen molar-refractivity contribution < 1.29 is 13.9 Å². The number of aromatic nitrogens is 3. The number of thioether (sulfide) groups is 1. The maximum Gasteiger partial charge on any atom is 0.234 e. The fourth-order valence-electron chi connectivity index (χ4n) is 3.10. The van der Waals surface area contributed by atoms with E-state index in [1.807, 2.05) is 60.0 Å². The number of rotatable bonds is 7. The molecule has 3 aromatic carbocycles. The van der Waals surface area contributed by atoms with Crippen LogP contribution in [0.3, 0.4) is 0 Å². The number of amides is 1. The number of hydrogen-bond acceptors (Lipinski definition) is 5. The van der Waals surface area contributed by atoms with Crippen molar-refractivity contribution in [3.63, 3.8) is 0 Å². The summed E-state index contributed by atoms with van der Waals surface area (Å²) in [6.07, 6.45) is 0. The zero-order valence-electron chi connectivity index (χ0n) is 17.6. The first kappa shape index (κ1) is 21.6. The van der Waals surface area contributed by atoms with E-state index < -0.39 is 5.82 Å². The number of hydrogen-bond donors (Lipinski definition) is 1. The van der Waals surface area contributed by atoms with E-state index in [2.05, 4.69) is 15.5 Å². The standard InChI is InChI=1S/C24H21FN4O2S/c1-16-7-9-17(10-8-16)23-27-28-24(29(23)18-11-13-19(31-2)14-12-18)32-15-22(30)26-21-6-4-3-5-20(21)25/h3-14H,15H2,1-2H3,(H,26,30). The van der Waals surface area contributed by atoms with Gasteiger partial charge in [0.05, 0.1) is 18.6 Å². The zero-order valence-corrected chi connectivity index (χ0v) is 18.4. The normalized spacial score (nSPS) is 10.7. The topological polar surface area (TPSA) is 69.0 Å². The Morgan fingerprint density at radius 3 is 2.44 bits per heavy atom. The number of carbonyl (C=O) groups is 1. The second-order valence-electron chi connectivity index (χ2n) is 7.02. The molecular formula is C24H21FN4O2S. The van der Waals surface area contributed by atoms with Crippen LogP contribution >= 0.6 is 11.8 Å². The van der Waals surface area contributed by atoms with E-state index in [1.165, 1.54) is 23.9 Å². The van der Waals surface area contributed by atoms with Gasteiger partial charge in [0.15, 0.2) is 11.0 Å². The van der Waals surface area contributed by atoms with Crippen LogP contribution in [0.5, 0.6) is 5.75 Å². The van der Waals surface area contributed by atoms with Crippen molar-refractivity contribution in [2.24, 2.45) is 0 Å². The van der Waals surface area contributed by atoms with Gasteiger partial charge in [0, 0.05) is 11.3 Å². The zero-order chi connectivity index (χ0) is 22.5. The molecule has 0 bridgehead atoms. The largest absolute Gasteiger partial charge is 0.497 e. The average molecular weight is 449 g/mol. The van der Waals surface area contributed by atoms with E-state index in [1.54, 1.807) is 19.2 Å². The quantitative estimate of drug-likeness (QED) is 0.398. The first-order valence-electron chi connectivity index (χ1n) is 9.89. The molecule has 0 aliphatic rings. The Balaban J connectivity index is 1.61. The fraction of sp³-hybridized carbons (Fsp3) is 0.125. The molecule has 4 rings (SSSR count). The predicted octanol–water partition coefficient (Wildman–Crippen LogP) is 5.12. The van der Waals surface area contributed by atoms with Crippen LogP contribution in [-0.4, -0.2) is 33.5 Å². The Kier molecular flexibility index (Phi) is 6.51. The maximum atomic E-state index is 13.8. The first-order chi connectivity index (χ1) is 15.5. The molecule has 0 unspecified atom stereocenters. The lowest BCUT2D eigenvalue weighted by Crippen LogP contribution is -2.15. The highest BCUT2D eigenvalue weighted by Gasteiger charge is 2.18. The van der Waals surface area contributed by atoms with Crippen LogP contribution in [0.1, 0.15) is 5.56 Å². The van der Waals surface area contributed by atoms with E-state index in [4.69, 9.17) is 4.74 Å². The van der Waals surface area contributed by atoms with Crippen LogP contribution in [0, 0.1) is 12.7 Å².